The van der Waals surface area contributed by atoms with Crippen LogP contribution < -0.4 is 5.56 Å². The molecule has 0 radical (unpaired) electrons. The van der Waals surface area contributed by atoms with E-state index in [2.05, 4.69) is 0 Å². The van der Waals surface area contributed by atoms with Gasteiger partial charge in [-0.2, -0.15) is 0 Å². The molecule has 0 spiro atoms. The van der Waals surface area contributed by atoms with Gasteiger partial charge in [-0.05, 0) is 35.7 Å². The Morgan fingerprint density at radius 1 is 0.971 bits per heavy atom. The molecule has 0 aliphatic carbocycles. The zero-order valence-corrected chi connectivity index (χ0v) is 19.7. The van der Waals surface area contributed by atoms with Gasteiger partial charge in [-0.15, -0.1) is 0 Å². The Hall–Kier alpha value is -3.38. The predicted molar refractivity (Wildman–Crippen MR) is 131 cm³/mol. The van der Waals surface area contributed by atoms with Gasteiger partial charge in [-0.3, -0.25) is 14.4 Å². The van der Waals surface area contributed by atoms with Gasteiger partial charge in [-0.1, -0.05) is 48.0 Å². The highest BCUT2D eigenvalue weighted by molar-refractivity contribution is 6.31. The second-order valence-electron chi connectivity index (χ2n) is 8.80. The van der Waals surface area contributed by atoms with E-state index in [1.54, 1.807) is 15.5 Å². The van der Waals surface area contributed by atoms with E-state index in [0.29, 0.717) is 60.7 Å². The smallest absolute Gasteiger partial charge is 0.302 e. The molecule has 1 amide bonds. The summed E-state index contributed by atoms with van der Waals surface area (Å²) in [7, 11) is 0. The largest absolute Gasteiger partial charge is 0.462 e. The van der Waals surface area contributed by atoms with Crippen LogP contribution in [0, 0.1) is 0 Å². The lowest BCUT2D eigenvalue weighted by Gasteiger charge is -2.33. The molecule has 2 aromatic carbocycles. The number of carbonyl (C=O) groups is 2. The number of halogens is 1. The average molecular weight is 477 g/mol. The van der Waals surface area contributed by atoms with Gasteiger partial charge in [0, 0.05) is 55.5 Å². The van der Waals surface area contributed by atoms with E-state index in [1.165, 1.54) is 6.92 Å². The number of carbonyl (C=O) groups excluding carboxylic acids is 2. The van der Waals surface area contributed by atoms with Crippen LogP contribution in [0.1, 0.15) is 35.7 Å². The number of fused-ring (bicyclic) bond motifs is 3. The standard InChI is InChI=1S/C27H25ClN2O4/c1-17(31)34-21-10-12-29(13-11-21)26(32)24-16-23(18-5-3-2-4-6-18)27(33)30-14-9-19-7-8-20(28)15-22(19)25(24)30/h2-8,15-16,21H,9-14H2,1H3. The molecule has 0 atom stereocenters. The van der Waals surface area contributed by atoms with Crippen LogP contribution in [-0.4, -0.2) is 40.5 Å². The number of likely N-dealkylation sites (tertiary alicyclic amines) is 1. The van der Waals surface area contributed by atoms with E-state index in [-0.39, 0.29) is 23.5 Å². The zero-order valence-electron chi connectivity index (χ0n) is 18.9. The summed E-state index contributed by atoms with van der Waals surface area (Å²) in [6.07, 6.45) is 1.70. The van der Waals surface area contributed by atoms with Crippen LogP contribution in [0.3, 0.4) is 0 Å². The van der Waals surface area contributed by atoms with Crippen molar-refractivity contribution in [3.05, 3.63) is 81.1 Å². The number of nitrogens with zero attached hydrogens (tertiary/aromatic N) is 2. The highest BCUT2D eigenvalue weighted by Crippen LogP contribution is 2.35. The molecule has 5 rings (SSSR count). The number of piperidine rings is 1. The number of aryl methyl sites for hydroxylation is 1. The highest BCUT2D eigenvalue weighted by atomic mass is 35.5. The van der Waals surface area contributed by atoms with E-state index < -0.39 is 0 Å². The molecular formula is C27H25ClN2O4. The topological polar surface area (TPSA) is 68.6 Å². The number of hydrogen-bond acceptors (Lipinski definition) is 4. The van der Waals surface area contributed by atoms with Crippen molar-refractivity contribution >= 4 is 23.5 Å². The monoisotopic (exact) mass is 476 g/mol. The minimum atomic E-state index is -0.303. The summed E-state index contributed by atoms with van der Waals surface area (Å²) in [6.45, 7) is 2.87. The lowest BCUT2D eigenvalue weighted by atomic mass is 9.91. The maximum atomic E-state index is 13.9. The number of hydrogen-bond donors (Lipinski definition) is 0. The fourth-order valence-electron chi connectivity index (χ4n) is 4.96. The van der Waals surface area contributed by atoms with Gasteiger partial charge in [0.1, 0.15) is 6.10 Å². The maximum absolute atomic E-state index is 13.9. The summed E-state index contributed by atoms with van der Waals surface area (Å²) in [5.74, 6) is -0.433. The molecule has 3 heterocycles. The first-order valence-corrected chi connectivity index (χ1v) is 11.9. The molecule has 0 unspecified atom stereocenters. The Morgan fingerprint density at radius 3 is 2.41 bits per heavy atom. The van der Waals surface area contributed by atoms with Gasteiger partial charge < -0.3 is 14.2 Å². The average Bonchev–Trinajstić information content (AvgIpc) is 2.84. The zero-order chi connectivity index (χ0) is 23.8. The maximum Gasteiger partial charge on any atom is 0.302 e. The number of aromatic nitrogens is 1. The second kappa shape index (κ2) is 9.11. The Balaban J connectivity index is 1.62. The van der Waals surface area contributed by atoms with Gasteiger partial charge in [-0.25, -0.2) is 0 Å². The lowest BCUT2D eigenvalue weighted by Crippen LogP contribution is -2.42. The number of pyridine rings is 1. The molecule has 1 aromatic heterocycles. The SMILES string of the molecule is CC(=O)OC1CCN(C(=O)c2cc(-c3ccccc3)c(=O)n3c2-c2cc(Cl)ccc2CC3)CC1. The summed E-state index contributed by atoms with van der Waals surface area (Å²) in [5, 5.41) is 0.562. The summed E-state index contributed by atoms with van der Waals surface area (Å²) < 4.78 is 7.05. The van der Waals surface area contributed by atoms with E-state index in [1.807, 2.05) is 48.5 Å². The van der Waals surface area contributed by atoms with Gasteiger partial charge in [0.2, 0.25) is 0 Å². The summed E-state index contributed by atoms with van der Waals surface area (Å²) >= 11 is 6.32. The summed E-state index contributed by atoms with van der Waals surface area (Å²) in [5.41, 5.74) is 4.19. The molecule has 7 heteroatoms. The number of benzene rings is 2. The third kappa shape index (κ3) is 4.14. The molecule has 6 nitrogen and oxygen atoms in total. The summed E-state index contributed by atoms with van der Waals surface area (Å²) in [6, 6.07) is 16.8. The van der Waals surface area contributed by atoms with Crippen molar-refractivity contribution in [3.8, 4) is 22.4 Å². The van der Waals surface area contributed by atoms with Crippen LogP contribution in [0.2, 0.25) is 5.02 Å². The minimum Gasteiger partial charge on any atom is -0.462 e. The van der Waals surface area contributed by atoms with Crippen LogP contribution in [0.5, 0.6) is 0 Å². The van der Waals surface area contributed by atoms with Crippen LogP contribution in [0.15, 0.2) is 59.4 Å². The fraction of sp³-hybridized carbons (Fsp3) is 0.296. The molecule has 2 aliphatic rings. The highest BCUT2D eigenvalue weighted by Gasteiger charge is 2.31. The molecule has 0 bridgehead atoms. The first-order valence-electron chi connectivity index (χ1n) is 11.5. The van der Waals surface area contributed by atoms with Crippen molar-refractivity contribution in [2.75, 3.05) is 13.1 Å². The van der Waals surface area contributed by atoms with Crippen LogP contribution in [0.25, 0.3) is 22.4 Å². The van der Waals surface area contributed by atoms with Gasteiger partial charge in [0.05, 0.1) is 11.3 Å². The molecule has 34 heavy (non-hydrogen) atoms. The van der Waals surface area contributed by atoms with Crippen molar-refractivity contribution in [3.63, 3.8) is 0 Å². The quantitative estimate of drug-likeness (QED) is 0.520. The van der Waals surface area contributed by atoms with Crippen molar-refractivity contribution in [2.45, 2.75) is 38.8 Å². The minimum absolute atomic E-state index is 0.114. The normalized spacial score (nSPS) is 15.4. The van der Waals surface area contributed by atoms with Crippen molar-refractivity contribution < 1.29 is 14.3 Å². The molecule has 0 N–H and O–H groups in total. The molecule has 3 aromatic rings. The molecule has 1 saturated heterocycles. The number of amides is 1. The molecule has 0 saturated carbocycles. The number of esters is 1. The van der Waals surface area contributed by atoms with Crippen LogP contribution >= 0.6 is 11.6 Å². The van der Waals surface area contributed by atoms with Crippen molar-refractivity contribution in [1.29, 1.82) is 0 Å². The lowest BCUT2D eigenvalue weighted by molar-refractivity contribution is -0.148. The Labute approximate surface area is 202 Å². The third-order valence-corrected chi connectivity index (χ3v) is 6.83. The first kappa shape index (κ1) is 22.4. The van der Waals surface area contributed by atoms with Crippen molar-refractivity contribution in [2.24, 2.45) is 0 Å². The fourth-order valence-corrected chi connectivity index (χ4v) is 5.13. The number of rotatable bonds is 3. The third-order valence-electron chi connectivity index (χ3n) is 6.60. The molecule has 1 fully saturated rings. The molecular weight excluding hydrogens is 452 g/mol. The predicted octanol–water partition coefficient (Wildman–Crippen LogP) is 4.56. The molecule has 2 aliphatic heterocycles. The first-order chi connectivity index (χ1) is 16.4. The van der Waals surface area contributed by atoms with E-state index >= 15 is 0 Å². The van der Waals surface area contributed by atoms with Crippen LogP contribution in [-0.2, 0) is 22.5 Å². The Kier molecular flexibility index (Phi) is 6.00. The Morgan fingerprint density at radius 2 is 1.71 bits per heavy atom. The van der Waals surface area contributed by atoms with E-state index in [4.69, 9.17) is 16.3 Å². The van der Waals surface area contributed by atoms with E-state index in [9.17, 15) is 14.4 Å². The summed E-state index contributed by atoms with van der Waals surface area (Å²) in [4.78, 5) is 40.5. The van der Waals surface area contributed by atoms with E-state index in [0.717, 1.165) is 16.7 Å². The Bertz CT molecular complexity index is 1320. The number of ether oxygens (including phenoxy) is 1. The van der Waals surface area contributed by atoms with Crippen LogP contribution in [0.4, 0.5) is 0 Å². The van der Waals surface area contributed by atoms with Crippen molar-refractivity contribution in [1.82, 2.24) is 9.47 Å². The van der Waals surface area contributed by atoms with Gasteiger partial charge in [0.25, 0.3) is 11.5 Å². The van der Waals surface area contributed by atoms with Gasteiger partial charge >= 0.3 is 5.97 Å². The second-order valence-corrected chi connectivity index (χ2v) is 9.23. The van der Waals surface area contributed by atoms with Gasteiger partial charge in [0.15, 0.2) is 0 Å². The molecule has 174 valence electrons.